The number of aliphatic hydroxyl groups excluding tert-OH is 1. The Kier molecular flexibility index (Phi) is 7.89. The van der Waals surface area contributed by atoms with Crippen molar-refractivity contribution in [3.8, 4) is 0 Å². The van der Waals surface area contributed by atoms with E-state index in [9.17, 15) is 9.90 Å². The maximum Gasteiger partial charge on any atom is 0.405 e. The molecule has 0 fully saturated rings. The monoisotopic (exact) mass is 332 g/mol. The first-order valence-electron chi connectivity index (χ1n) is 7.25. The van der Waals surface area contributed by atoms with Gasteiger partial charge in [-0.15, -0.1) is 0 Å². The fourth-order valence-corrected chi connectivity index (χ4v) is 3.20. The Labute approximate surface area is 132 Å². The van der Waals surface area contributed by atoms with Crippen LogP contribution in [0.3, 0.4) is 0 Å². The van der Waals surface area contributed by atoms with E-state index in [0.717, 1.165) is 0 Å². The molecule has 0 aromatic rings. The highest BCUT2D eigenvalue weighted by atomic mass is 28.4. The van der Waals surface area contributed by atoms with Gasteiger partial charge in [0.15, 0.2) is 8.32 Å². The van der Waals surface area contributed by atoms with Crippen molar-refractivity contribution < 1.29 is 19.4 Å². The number of carboxylic acid groups (broad SMARTS) is 1. The van der Waals surface area contributed by atoms with Gasteiger partial charge >= 0.3 is 6.09 Å². The molecule has 3 N–H and O–H groups in total. The summed E-state index contributed by atoms with van der Waals surface area (Å²) in [7, 11) is -2.18. The van der Waals surface area contributed by atoms with Crippen molar-refractivity contribution >= 4 is 14.4 Å². The summed E-state index contributed by atoms with van der Waals surface area (Å²) in [5.41, 5.74) is 8.47. The maximum atomic E-state index is 10.9. The van der Waals surface area contributed by atoms with Crippen molar-refractivity contribution in [3.05, 3.63) is 10.4 Å². The molecule has 0 aromatic carbocycles. The number of rotatable bonds is 8. The number of amides is 1. The molecule has 0 bridgehead atoms. The van der Waals surface area contributed by atoms with E-state index < -0.39 is 26.6 Å². The van der Waals surface area contributed by atoms with E-state index in [1.54, 1.807) is 0 Å². The highest BCUT2D eigenvalue weighted by Gasteiger charge is 2.42. The van der Waals surface area contributed by atoms with Gasteiger partial charge in [-0.3, -0.25) is 0 Å². The van der Waals surface area contributed by atoms with Crippen molar-refractivity contribution in [3.63, 3.8) is 0 Å². The molecule has 0 aromatic heterocycles. The third kappa shape index (κ3) is 6.23. The number of aliphatic hydroxyl groups is 1. The SMILES string of the molecule is CC(CN=[N+]=[N-])C(O[Si](C)(C)C(C)(C)C)C(CO)NC(=O)O. The summed E-state index contributed by atoms with van der Waals surface area (Å²) in [4.78, 5) is 13.7. The molecule has 0 saturated heterocycles. The van der Waals surface area contributed by atoms with Crippen LogP contribution in [-0.4, -0.2) is 49.9 Å². The lowest BCUT2D eigenvalue weighted by Gasteiger charge is -2.42. The van der Waals surface area contributed by atoms with Gasteiger partial charge in [-0.1, -0.05) is 32.8 Å². The van der Waals surface area contributed by atoms with Gasteiger partial charge in [0.2, 0.25) is 0 Å². The second-order valence-corrected chi connectivity index (χ2v) is 11.7. The van der Waals surface area contributed by atoms with Crippen molar-refractivity contribution in [2.24, 2.45) is 11.0 Å². The minimum absolute atomic E-state index is 0.0628. The smallest absolute Gasteiger partial charge is 0.405 e. The van der Waals surface area contributed by atoms with Crippen molar-refractivity contribution in [1.82, 2.24) is 5.32 Å². The Hall–Kier alpha value is -1.28. The molecule has 22 heavy (non-hydrogen) atoms. The molecule has 3 unspecified atom stereocenters. The first-order valence-corrected chi connectivity index (χ1v) is 10.2. The van der Waals surface area contributed by atoms with Crippen LogP contribution in [0.4, 0.5) is 4.79 Å². The molecule has 8 nitrogen and oxygen atoms in total. The van der Waals surface area contributed by atoms with E-state index in [4.69, 9.17) is 15.1 Å². The molecular formula is C13H28N4O4Si. The zero-order valence-electron chi connectivity index (χ0n) is 14.2. The lowest BCUT2D eigenvalue weighted by molar-refractivity contribution is 0.0602. The summed E-state index contributed by atoms with van der Waals surface area (Å²) in [6.45, 7) is 11.9. The Morgan fingerprint density at radius 3 is 2.36 bits per heavy atom. The topological polar surface area (TPSA) is 128 Å². The maximum absolute atomic E-state index is 10.9. The molecule has 128 valence electrons. The number of nitrogens with zero attached hydrogens (tertiary/aromatic N) is 3. The molecule has 0 heterocycles. The van der Waals surface area contributed by atoms with Gasteiger partial charge in [0.25, 0.3) is 0 Å². The van der Waals surface area contributed by atoms with Gasteiger partial charge in [0.05, 0.1) is 18.8 Å². The van der Waals surface area contributed by atoms with E-state index in [2.05, 4.69) is 49.2 Å². The lowest BCUT2D eigenvalue weighted by Crippen LogP contribution is -2.55. The van der Waals surface area contributed by atoms with Crippen LogP contribution in [-0.2, 0) is 4.43 Å². The van der Waals surface area contributed by atoms with Gasteiger partial charge in [0, 0.05) is 11.5 Å². The van der Waals surface area contributed by atoms with E-state index in [1.807, 2.05) is 6.92 Å². The molecule has 0 aliphatic carbocycles. The van der Waals surface area contributed by atoms with Crippen LogP contribution in [0, 0.1) is 5.92 Å². The third-order valence-electron chi connectivity index (χ3n) is 4.13. The predicted molar refractivity (Wildman–Crippen MR) is 87.3 cm³/mol. The number of hydrogen-bond donors (Lipinski definition) is 3. The van der Waals surface area contributed by atoms with Crippen molar-refractivity contribution in [2.45, 2.75) is 58.0 Å². The minimum Gasteiger partial charge on any atom is -0.465 e. The molecule has 0 aliphatic rings. The lowest BCUT2D eigenvalue weighted by atomic mass is 9.98. The van der Waals surface area contributed by atoms with Gasteiger partial charge in [-0.25, -0.2) is 4.79 Å². The van der Waals surface area contributed by atoms with Crippen LogP contribution in [0.1, 0.15) is 27.7 Å². The summed E-state index contributed by atoms with van der Waals surface area (Å²) in [6, 6.07) is -0.768. The highest BCUT2D eigenvalue weighted by Crippen LogP contribution is 2.38. The van der Waals surface area contributed by atoms with E-state index in [1.165, 1.54) is 0 Å². The Balaban J connectivity index is 5.39. The fourth-order valence-electron chi connectivity index (χ4n) is 1.77. The molecule has 0 spiro atoms. The zero-order chi connectivity index (χ0) is 17.6. The summed E-state index contributed by atoms with van der Waals surface area (Å²) in [6.07, 6.45) is -1.79. The average molecular weight is 332 g/mol. The van der Waals surface area contributed by atoms with Crippen molar-refractivity contribution in [2.75, 3.05) is 13.2 Å². The molecule has 0 aliphatic heterocycles. The van der Waals surface area contributed by atoms with Crippen LogP contribution in [0.25, 0.3) is 10.4 Å². The highest BCUT2D eigenvalue weighted by molar-refractivity contribution is 6.74. The minimum atomic E-state index is -2.18. The molecule has 1 amide bonds. The van der Waals surface area contributed by atoms with Crippen LogP contribution in [0.5, 0.6) is 0 Å². The van der Waals surface area contributed by atoms with Gasteiger partial charge in [-0.2, -0.15) is 0 Å². The normalized spacial score (nSPS) is 16.3. The molecule has 3 atom stereocenters. The predicted octanol–water partition coefficient (Wildman–Crippen LogP) is 2.95. The molecule has 0 saturated carbocycles. The molecule has 0 rings (SSSR count). The van der Waals surface area contributed by atoms with Crippen LogP contribution >= 0.6 is 0 Å². The Bertz CT molecular complexity index is 419. The summed E-state index contributed by atoms with van der Waals surface area (Å²) >= 11 is 0. The van der Waals surface area contributed by atoms with Crippen molar-refractivity contribution in [1.29, 1.82) is 0 Å². The van der Waals surface area contributed by atoms with E-state index in [-0.39, 0.29) is 24.1 Å². The third-order valence-corrected chi connectivity index (χ3v) is 8.61. The quantitative estimate of drug-likeness (QED) is 0.273. The number of nitrogens with one attached hydrogen (secondary N) is 1. The fraction of sp³-hybridized carbons (Fsp3) is 0.923. The largest absolute Gasteiger partial charge is 0.465 e. The first kappa shape index (κ1) is 20.7. The summed E-state index contributed by atoms with van der Waals surface area (Å²) in [5.74, 6) is -0.228. The summed E-state index contributed by atoms with van der Waals surface area (Å²) in [5, 5.41) is 24.2. The van der Waals surface area contributed by atoms with Gasteiger partial charge in [-0.05, 0) is 29.6 Å². The van der Waals surface area contributed by atoms with Crippen LogP contribution in [0.15, 0.2) is 5.11 Å². The zero-order valence-corrected chi connectivity index (χ0v) is 15.2. The van der Waals surface area contributed by atoms with Crippen LogP contribution in [0.2, 0.25) is 18.1 Å². The first-order chi connectivity index (χ1) is 9.96. The standard InChI is InChI=1S/C13H28N4O4Si/c1-9(7-15-17-14)11(10(8-18)16-12(19)20)21-22(5,6)13(2,3)4/h9-11,16,18H,7-8H2,1-6H3,(H,19,20). The second-order valence-electron chi connectivity index (χ2n) is 6.97. The number of carbonyl (C=O) groups is 1. The van der Waals surface area contributed by atoms with Gasteiger partial charge < -0.3 is 20.0 Å². The molecule has 9 heteroatoms. The molecular weight excluding hydrogens is 304 g/mol. The Morgan fingerprint density at radius 2 is 2.00 bits per heavy atom. The molecule has 0 radical (unpaired) electrons. The average Bonchev–Trinajstić information content (AvgIpc) is 2.38. The number of azide groups is 1. The Morgan fingerprint density at radius 1 is 1.45 bits per heavy atom. The van der Waals surface area contributed by atoms with Crippen LogP contribution < -0.4 is 5.32 Å². The van der Waals surface area contributed by atoms with Gasteiger partial charge in [0.1, 0.15) is 0 Å². The second kappa shape index (κ2) is 8.38. The van der Waals surface area contributed by atoms with E-state index in [0.29, 0.717) is 0 Å². The van der Waals surface area contributed by atoms with E-state index >= 15 is 0 Å². The number of hydrogen-bond acceptors (Lipinski definition) is 4. The summed E-state index contributed by atoms with van der Waals surface area (Å²) < 4.78 is 6.28.